The molecule has 0 aromatic heterocycles. The van der Waals surface area contributed by atoms with Crippen LogP contribution in [0.1, 0.15) is 41.5 Å². The van der Waals surface area contributed by atoms with Gasteiger partial charge in [0.25, 0.3) is 5.91 Å². The van der Waals surface area contributed by atoms with Crippen LogP contribution in [-0.4, -0.2) is 48.9 Å². The first-order chi connectivity index (χ1) is 10.2. The van der Waals surface area contributed by atoms with Gasteiger partial charge < -0.3 is 15.0 Å². The number of benzene rings is 1. The molecule has 6 nitrogen and oxygen atoms in total. The standard InChI is InChI=1S/C16H22N2O4/c1-16(2,3)22-15(21)17-9-10-18(4)14(20)13-8-6-5-7-12(13)11-19/h5-8,11H,9-10H2,1-4H3,(H,17,21). The van der Waals surface area contributed by atoms with E-state index in [2.05, 4.69) is 5.32 Å². The number of hydrogen-bond acceptors (Lipinski definition) is 4. The van der Waals surface area contributed by atoms with Gasteiger partial charge in [0, 0.05) is 25.7 Å². The van der Waals surface area contributed by atoms with Gasteiger partial charge in [-0.2, -0.15) is 0 Å². The molecule has 0 spiro atoms. The molecule has 0 bridgehead atoms. The minimum Gasteiger partial charge on any atom is -0.444 e. The van der Waals surface area contributed by atoms with Crippen molar-refractivity contribution in [3.8, 4) is 0 Å². The lowest BCUT2D eigenvalue weighted by Gasteiger charge is -2.21. The fraction of sp³-hybridized carbons (Fsp3) is 0.438. The predicted octanol–water partition coefficient (Wildman–Crippen LogP) is 2.10. The molecule has 0 saturated carbocycles. The molecule has 1 rings (SSSR count). The fourth-order valence-electron chi connectivity index (χ4n) is 1.74. The largest absolute Gasteiger partial charge is 0.444 e. The van der Waals surface area contributed by atoms with E-state index in [1.807, 2.05) is 0 Å². The zero-order chi connectivity index (χ0) is 16.8. The van der Waals surface area contributed by atoms with Crippen LogP contribution in [0.3, 0.4) is 0 Å². The van der Waals surface area contributed by atoms with E-state index in [1.165, 1.54) is 4.90 Å². The van der Waals surface area contributed by atoms with Crippen LogP contribution < -0.4 is 5.32 Å². The summed E-state index contributed by atoms with van der Waals surface area (Å²) in [7, 11) is 1.61. The highest BCUT2D eigenvalue weighted by Gasteiger charge is 2.17. The smallest absolute Gasteiger partial charge is 0.407 e. The van der Waals surface area contributed by atoms with Gasteiger partial charge in [-0.05, 0) is 26.8 Å². The highest BCUT2D eigenvalue weighted by molar-refractivity contribution is 6.01. The highest BCUT2D eigenvalue weighted by atomic mass is 16.6. The Labute approximate surface area is 130 Å². The minimum atomic E-state index is -0.561. The van der Waals surface area contributed by atoms with Crippen LogP contribution in [0, 0.1) is 0 Å². The molecule has 1 aromatic carbocycles. The quantitative estimate of drug-likeness (QED) is 0.845. The van der Waals surface area contributed by atoms with Crippen molar-refractivity contribution in [1.82, 2.24) is 10.2 Å². The maximum Gasteiger partial charge on any atom is 0.407 e. The van der Waals surface area contributed by atoms with Gasteiger partial charge in [-0.15, -0.1) is 0 Å². The summed E-state index contributed by atoms with van der Waals surface area (Å²) in [4.78, 5) is 36.1. The lowest BCUT2D eigenvalue weighted by molar-refractivity contribution is 0.0517. The second kappa shape index (κ2) is 7.59. The molecule has 22 heavy (non-hydrogen) atoms. The summed E-state index contributed by atoms with van der Waals surface area (Å²) < 4.78 is 5.10. The van der Waals surface area contributed by atoms with Gasteiger partial charge in [-0.3, -0.25) is 9.59 Å². The normalized spacial score (nSPS) is 10.7. The third-order valence-corrected chi connectivity index (χ3v) is 2.78. The van der Waals surface area contributed by atoms with Crippen molar-refractivity contribution in [1.29, 1.82) is 0 Å². The molecule has 0 aliphatic carbocycles. The Balaban J connectivity index is 2.52. The molecule has 0 fully saturated rings. The van der Waals surface area contributed by atoms with E-state index >= 15 is 0 Å². The monoisotopic (exact) mass is 306 g/mol. The summed E-state index contributed by atoms with van der Waals surface area (Å²) in [6, 6.07) is 6.59. The first-order valence-electron chi connectivity index (χ1n) is 7.01. The number of ether oxygens (including phenoxy) is 1. The maximum absolute atomic E-state index is 12.3. The second-order valence-electron chi connectivity index (χ2n) is 5.86. The van der Waals surface area contributed by atoms with Gasteiger partial charge in [-0.1, -0.05) is 18.2 Å². The van der Waals surface area contributed by atoms with E-state index < -0.39 is 11.7 Å². The number of rotatable bonds is 5. The molecular formula is C16H22N2O4. The third-order valence-electron chi connectivity index (χ3n) is 2.78. The van der Waals surface area contributed by atoms with Crippen molar-refractivity contribution in [3.05, 3.63) is 35.4 Å². The van der Waals surface area contributed by atoms with Crippen LogP contribution in [0.15, 0.2) is 24.3 Å². The Morgan fingerprint density at radius 3 is 2.50 bits per heavy atom. The van der Waals surface area contributed by atoms with Crippen molar-refractivity contribution in [2.75, 3.05) is 20.1 Å². The molecule has 0 heterocycles. The number of carbonyl (C=O) groups is 3. The molecule has 0 radical (unpaired) electrons. The van der Waals surface area contributed by atoms with Gasteiger partial charge in [0.05, 0.1) is 5.56 Å². The second-order valence-corrected chi connectivity index (χ2v) is 5.86. The van der Waals surface area contributed by atoms with E-state index in [-0.39, 0.29) is 12.5 Å². The Hall–Kier alpha value is -2.37. The maximum atomic E-state index is 12.3. The highest BCUT2D eigenvalue weighted by Crippen LogP contribution is 2.09. The molecule has 1 N–H and O–H groups in total. The molecule has 1 aromatic rings. The summed E-state index contributed by atoms with van der Waals surface area (Å²) in [5, 5.41) is 2.58. The molecule has 0 aliphatic rings. The van der Waals surface area contributed by atoms with Gasteiger partial charge in [0.2, 0.25) is 0 Å². The lowest BCUT2D eigenvalue weighted by Crippen LogP contribution is -2.38. The number of aldehydes is 1. The zero-order valence-electron chi connectivity index (χ0n) is 13.4. The number of carbonyl (C=O) groups excluding carboxylic acids is 3. The first-order valence-corrected chi connectivity index (χ1v) is 7.01. The van der Waals surface area contributed by atoms with Crippen molar-refractivity contribution in [2.24, 2.45) is 0 Å². The first kappa shape index (κ1) is 17.7. The van der Waals surface area contributed by atoms with Crippen LogP contribution in [0.4, 0.5) is 4.79 Å². The van der Waals surface area contributed by atoms with Crippen LogP contribution in [-0.2, 0) is 4.74 Å². The van der Waals surface area contributed by atoms with Crippen LogP contribution >= 0.6 is 0 Å². The average molecular weight is 306 g/mol. The van der Waals surface area contributed by atoms with Crippen molar-refractivity contribution < 1.29 is 19.1 Å². The molecule has 6 heteroatoms. The lowest BCUT2D eigenvalue weighted by atomic mass is 10.1. The summed E-state index contributed by atoms with van der Waals surface area (Å²) in [5.74, 6) is -0.270. The van der Waals surface area contributed by atoms with E-state index in [4.69, 9.17) is 4.74 Å². The summed E-state index contributed by atoms with van der Waals surface area (Å²) in [5.41, 5.74) is 0.131. The topological polar surface area (TPSA) is 75.7 Å². The summed E-state index contributed by atoms with van der Waals surface area (Å²) in [6.45, 7) is 5.90. The molecular weight excluding hydrogens is 284 g/mol. The van der Waals surface area contributed by atoms with E-state index in [0.717, 1.165) is 0 Å². The van der Waals surface area contributed by atoms with Crippen LogP contribution in [0.2, 0.25) is 0 Å². The van der Waals surface area contributed by atoms with Gasteiger partial charge in [-0.25, -0.2) is 4.79 Å². The Morgan fingerprint density at radius 2 is 1.91 bits per heavy atom. The van der Waals surface area contributed by atoms with Gasteiger partial charge in [0.1, 0.15) is 5.60 Å². The molecule has 0 atom stereocenters. The number of amides is 2. The zero-order valence-corrected chi connectivity index (χ0v) is 13.4. The molecule has 0 saturated heterocycles. The van der Waals surface area contributed by atoms with E-state index in [0.29, 0.717) is 24.0 Å². The number of hydrogen-bond donors (Lipinski definition) is 1. The summed E-state index contributed by atoms with van der Waals surface area (Å²) in [6.07, 6.45) is 0.127. The van der Waals surface area contributed by atoms with E-state index in [9.17, 15) is 14.4 Å². The van der Waals surface area contributed by atoms with Crippen molar-refractivity contribution in [3.63, 3.8) is 0 Å². The number of nitrogens with zero attached hydrogens (tertiary/aromatic N) is 1. The van der Waals surface area contributed by atoms with Crippen LogP contribution in [0.25, 0.3) is 0 Å². The molecule has 2 amide bonds. The number of nitrogens with one attached hydrogen (secondary N) is 1. The molecule has 0 aliphatic heterocycles. The molecule has 0 unspecified atom stereocenters. The SMILES string of the molecule is CN(CCNC(=O)OC(C)(C)C)C(=O)c1ccccc1C=O. The van der Waals surface area contributed by atoms with Gasteiger partial charge >= 0.3 is 6.09 Å². The Kier molecular flexibility index (Phi) is 6.10. The van der Waals surface area contributed by atoms with Crippen molar-refractivity contribution in [2.45, 2.75) is 26.4 Å². The Morgan fingerprint density at radius 1 is 1.27 bits per heavy atom. The minimum absolute atomic E-state index is 0.264. The third kappa shape index (κ3) is 5.55. The fourth-order valence-corrected chi connectivity index (χ4v) is 1.74. The van der Waals surface area contributed by atoms with Gasteiger partial charge in [0.15, 0.2) is 6.29 Å². The molecule has 120 valence electrons. The average Bonchev–Trinajstić information content (AvgIpc) is 2.44. The Bertz CT molecular complexity index is 549. The number of alkyl carbamates (subject to hydrolysis) is 1. The summed E-state index contributed by atoms with van der Waals surface area (Å²) >= 11 is 0. The predicted molar refractivity (Wildman–Crippen MR) is 83.0 cm³/mol. The number of likely N-dealkylation sites (N-methyl/N-ethyl adjacent to an activating group) is 1. The van der Waals surface area contributed by atoms with Crippen LogP contribution in [0.5, 0.6) is 0 Å². The van der Waals surface area contributed by atoms with E-state index in [1.54, 1.807) is 52.1 Å². The van der Waals surface area contributed by atoms with Crippen molar-refractivity contribution >= 4 is 18.3 Å².